The lowest BCUT2D eigenvalue weighted by molar-refractivity contribution is -0.121. The Morgan fingerprint density at radius 3 is 2.77 bits per heavy atom. The summed E-state index contributed by atoms with van der Waals surface area (Å²) in [5.41, 5.74) is 0.732. The largest absolute Gasteiger partial charge is 0.361 e. The molecule has 0 radical (unpaired) electrons. The zero-order chi connectivity index (χ0) is 16.3. The lowest BCUT2D eigenvalue weighted by atomic mass is 9.98. The molecular formula is C14H23N3O4S. The first-order chi connectivity index (χ1) is 10.3. The minimum absolute atomic E-state index is 0.120. The normalized spacial score (nSPS) is 22.9. The molecule has 1 aromatic rings. The lowest BCUT2D eigenvalue weighted by Gasteiger charge is -2.18. The molecule has 2 heterocycles. The maximum absolute atomic E-state index is 12.1. The number of amides is 1. The van der Waals surface area contributed by atoms with Crippen molar-refractivity contribution in [3.8, 4) is 0 Å². The summed E-state index contributed by atoms with van der Waals surface area (Å²) in [5, 5.41) is 6.69. The summed E-state index contributed by atoms with van der Waals surface area (Å²) in [5.74, 6) is 0.498. The highest BCUT2D eigenvalue weighted by Crippen LogP contribution is 2.23. The molecule has 124 valence electrons. The maximum Gasteiger partial charge on any atom is 0.228 e. The summed E-state index contributed by atoms with van der Waals surface area (Å²) < 4.78 is 29.9. The summed E-state index contributed by atoms with van der Waals surface area (Å²) in [4.78, 5) is 12.1. The third-order valence-corrected chi connectivity index (χ3v) is 5.13. The molecule has 2 atom stereocenters. The number of sulfonamides is 1. The Kier molecular flexibility index (Phi) is 5.23. The van der Waals surface area contributed by atoms with Crippen LogP contribution in [-0.4, -0.2) is 49.2 Å². The lowest BCUT2D eigenvalue weighted by Crippen LogP contribution is -2.41. The van der Waals surface area contributed by atoms with Crippen LogP contribution in [0.4, 0.5) is 0 Å². The van der Waals surface area contributed by atoms with Gasteiger partial charge in [-0.05, 0) is 19.3 Å². The third kappa shape index (κ3) is 4.30. The van der Waals surface area contributed by atoms with E-state index in [1.807, 2.05) is 0 Å². The molecule has 1 N–H and O–H groups in total. The highest BCUT2D eigenvalue weighted by molar-refractivity contribution is 7.88. The van der Waals surface area contributed by atoms with E-state index in [0.29, 0.717) is 18.8 Å². The quantitative estimate of drug-likeness (QED) is 0.829. The van der Waals surface area contributed by atoms with Crippen LogP contribution >= 0.6 is 0 Å². The van der Waals surface area contributed by atoms with Gasteiger partial charge in [0.05, 0.1) is 18.4 Å². The predicted molar refractivity (Wildman–Crippen MR) is 81.7 cm³/mol. The Morgan fingerprint density at radius 1 is 1.50 bits per heavy atom. The maximum atomic E-state index is 12.1. The van der Waals surface area contributed by atoms with Crippen LogP contribution in [-0.2, 0) is 21.2 Å². The van der Waals surface area contributed by atoms with Gasteiger partial charge in [-0.25, -0.2) is 8.42 Å². The average molecular weight is 329 g/mol. The van der Waals surface area contributed by atoms with Crippen molar-refractivity contribution in [2.75, 3.05) is 19.3 Å². The number of rotatable bonds is 6. The van der Waals surface area contributed by atoms with Crippen molar-refractivity contribution in [3.63, 3.8) is 0 Å². The minimum atomic E-state index is -3.22. The van der Waals surface area contributed by atoms with Gasteiger partial charge >= 0.3 is 0 Å². The van der Waals surface area contributed by atoms with Gasteiger partial charge < -0.3 is 9.84 Å². The van der Waals surface area contributed by atoms with E-state index in [1.165, 1.54) is 10.6 Å². The van der Waals surface area contributed by atoms with E-state index >= 15 is 0 Å². The van der Waals surface area contributed by atoms with Crippen molar-refractivity contribution in [3.05, 3.63) is 17.5 Å². The van der Waals surface area contributed by atoms with Crippen molar-refractivity contribution in [1.82, 2.24) is 14.8 Å². The number of hydrogen-bond acceptors (Lipinski definition) is 5. The fourth-order valence-electron chi connectivity index (χ4n) is 2.85. The van der Waals surface area contributed by atoms with Crippen LogP contribution in [0.2, 0.25) is 0 Å². The Hall–Kier alpha value is -1.41. The molecule has 0 aromatic carbocycles. The number of nitrogens with zero attached hydrogens (tertiary/aromatic N) is 2. The predicted octanol–water partition coefficient (Wildman–Crippen LogP) is 0.702. The molecule has 1 fully saturated rings. The number of aromatic nitrogens is 1. The van der Waals surface area contributed by atoms with Gasteiger partial charge in [-0.15, -0.1) is 0 Å². The molecule has 22 heavy (non-hydrogen) atoms. The molecule has 0 saturated carbocycles. The van der Waals surface area contributed by atoms with Gasteiger partial charge in [0.2, 0.25) is 15.9 Å². The van der Waals surface area contributed by atoms with Crippen LogP contribution in [0.5, 0.6) is 0 Å². The van der Waals surface area contributed by atoms with Crippen molar-refractivity contribution >= 4 is 15.9 Å². The zero-order valence-corrected chi connectivity index (χ0v) is 14.0. The van der Waals surface area contributed by atoms with Crippen molar-refractivity contribution in [2.24, 2.45) is 5.92 Å². The van der Waals surface area contributed by atoms with Gasteiger partial charge in [-0.2, -0.15) is 4.31 Å². The second-order valence-electron chi connectivity index (χ2n) is 5.91. The Bertz CT molecular complexity index is 626. The third-order valence-electron chi connectivity index (χ3n) is 3.89. The fourth-order valence-corrected chi connectivity index (χ4v) is 3.74. The molecule has 0 spiro atoms. The molecule has 2 rings (SSSR count). The van der Waals surface area contributed by atoms with Crippen LogP contribution in [0.15, 0.2) is 10.6 Å². The Labute approximate surface area is 131 Å². The Balaban J connectivity index is 1.98. The van der Waals surface area contributed by atoms with Crippen molar-refractivity contribution in [2.45, 2.75) is 39.2 Å². The number of nitrogens with one attached hydrogen (secondary N) is 1. The van der Waals surface area contributed by atoms with E-state index in [4.69, 9.17) is 4.52 Å². The summed E-state index contributed by atoms with van der Waals surface area (Å²) in [6.07, 6.45) is 3.17. The molecular weight excluding hydrogens is 306 g/mol. The van der Waals surface area contributed by atoms with Crippen LogP contribution in [0.1, 0.15) is 31.2 Å². The van der Waals surface area contributed by atoms with Gasteiger partial charge in [0, 0.05) is 25.2 Å². The van der Waals surface area contributed by atoms with E-state index in [-0.39, 0.29) is 24.3 Å². The van der Waals surface area contributed by atoms with Gasteiger partial charge in [0.1, 0.15) is 5.76 Å². The minimum Gasteiger partial charge on any atom is -0.361 e. The summed E-state index contributed by atoms with van der Waals surface area (Å²) in [6, 6.07) is 1.58. The fraction of sp³-hybridized carbons (Fsp3) is 0.714. The molecule has 8 heteroatoms. The SMILES string of the molecule is CCC[C@H]1CN(S(C)(=O)=O)C[C@@H]1NC(=O)Cc1cc(C)no1. The molecule has 7 nitrogen and oxygen atoms in total. The van der Waals surface area contributed by atoms with E-state index in [9.17, 15) is 13.2 Å². The topological polar surface area (TPSA) is 92.5 Å². The molecule has 1 amide bonds. The Morgan fingerprint density at radius 2 is 2.23 bits per heavy atom. The summed E-state index contributed by atoms with van der Waals surface area (Å²) >= 11 is 0. The van der Waals surface area contributed by atoms with Crippen LogP contribution in [0.3, 0.4) is 0 Å². The van der Waals surface area contributed by atoms with E-state index in [0.717, 1.165) is 18.5 Å². The van der Waals surface area contributed by atoms with Gasteiger partial charge in [-0.1, -0.05) is 18.5 Å². The first-order valence-electron chi connectivity index (χ1n) is 7.46. The smallest absolute Gasteiger partial charge is 0.228 e. The molecule has 0 aliphatic carbocycles. The standard InChI is InChI=1S/C14H23N3O4S/c1-4-5-11-8-17(22(3,19)20)9-13(11)15-14(18)7-12-6-10(2)16-21-12/h6,11,13H,4-5,7-9H2,1-3H3,(H,15,18)/t11-,13-/m0/s1. The van der Waals surface area contributed by atoms with Crippen LogP contribution in [0.25, 0.3) is 0 Å². The average Bonchev–Trinajstić information content (AvgIpc) is 2.97. The van der Waals surface area contributed by atoms with Gasteiger partial charge in [-0.3, -0.25) is 4.79 Å². The zero-order valence-electron chi connectivity index (χ0n) is 13.2. The summed E-state index contributed by atoms with van der Waals surface area (Å²) in [7, 11) is -3.22. The number of carbonyl (C=O) groups excluding carboxylic acids is 1. The summed E-state index contributed by atoms with van der Waals surface area (Å²) in [6.45, 7) is 4.66. The van der Waals surface area contributed by atoms with Crippen LogP contribution < -0.4 is 5.32 Å². The van der Waals surface area contributed by atoms with Gasteiger partial charge in [0.25, 0.3) is 0 Å². The highest BCUT2D eigenvalue weighted by Gasteiger charge is 2.37. The molecule has 0 unspecified atom stereocenters. The number of carbonyl (C=O) groups is 1. The first-order valence-corrected chi connectivity index (χ1v) is 9.31. The molecule has 1 aliphatic heterocycles. The molecule has 1 aliphatic rings. The second kappa shape index (κ2) is 6.78. The van der Waals surface area contributed by atoms with E-state index < -0.39 is 10.0 Å². The van der Waals surface area contributed by atoms with E-state index in [2.05, 4.69) is 17.4 Å². The first kappa shape index (κ1) is 17.0. The van der Waals surface area contributed by atoms with Crippen molar-refractivity contribution < 1.29 is 17.7 Å². The number of hydrogen-bond donors (Lipinski definition) is 1. The van der Waals surface area contributed by atoms with Crippen molar-refractivity contribution in [1.29, 1.82) is 0 Å². The molecule has 0 bridgehead atoms. The molecule has 1 saturated heterocycles. The molecule has 1 aromatic heterocycles. The second-order valence-corrected chi connectivity index (χ2v) is 7.90. The number of aryl methyl sites for hydroxylation is 1. The monoisotopic (exact) mass is 329 g/mol. The van der Waals surface area contributed by atoms with E-state index in [1.54, 1.807) is 13.0 Å². The van der Waals surface area contributed by atoms with Gasteiger partial charge in [0.15, 0.2) is 0 Å². The van der Waals surface area contributed by atoms with Crippen LogP contribution in [0, 0.1) is 12.8 Å². The highest BCUT2D eigenvalue weighted by atomic mass is 32.2.